The molecule has 34 heavy (non-hydrogen) atoms. The third-order valence-corrected chi connectivity index (χ3v) is 11.4. The van der Waals surface area contributed by atoms with Crippen molar-refractivity contribution in [3.8, 4) is 0 Å². The van der Waals surface area contributed by atoms with E-state index in [0.717, 1.165) is 5.57 Å². The molecule has 0 radical (unpaired) electrons. The molecule has 2 rings (SSSR count). The summed E-state index contributed by atoms with van der Waals surface area (Å²) in [6, 6.07) is -0.209. The van der Waals surface area contributed by atoms with Crippen LogP contribution in [0.15, 0.2) is 23.8 Å². The Kier molecular flexibility index (Phi) is 8.70. The lowest BCUT2D eigenvalue weighted by Gasteiger charge is -2.36. The summed E-state index contributed by atoms with van der Waals surface area (Å²) in [6.07, 6.45) is 4.85. The molecule has 194 valence electrons. The van der Waals surface area contributed by atoms with Crippen LogP contribution in [0.1, 0.15) is 55.4 Å². The molecule has 0 N–H and O–H groups in total. The highest BCUT2D eigenvalue weighted by molar-refractivity contribution is 6.74. The standard InChI is InChI=1S/C25H44N2O6Si/c1-19(16-33-34(9,10)23(2,3)4)13-14-26-20(17-31-21(26)28)12-11-15-30-22(29)27-24(5,6)18-32-25(27,7)8/h11-13,20H,14-18H2,1-10H3/b12-11+,19-13+. The molecule has 1 atom stereocenters. The van der Waals surface area contributed by atoms with Crippen LogP contribution in [0.3, 0.4) is 0 Å². The van der Waals surface area contributed by atoms with E-state index in [-0.39, 0.29) is 30.4 Å². The molecular formula is C25H44N2O6Si. The monoisotopic (exact) mass is 496 g/mol. The lowest BCUT2D eigenvalue weighted by atomic mass is 10.0. The summed E-state index contributed by atoms with van der Waals surface area (Å²) in [6.45, 7) is 22.6. The summed E-state index contributed by atoms with van der Waals surface area (Å²) in [5.74, 6) is 0. The Morgan fingerprint density at radius 2 is 1.88 bits per heavy atom. The van der Waals surface area contributed by atoms with Crippen LogP contribution < -0.4 is 0 Å². The molecule has 1 unspecified atom stereocenters. The second-order valence-electron chi connectivity index (χ2n) is 11.8. The van der Waals surface area contributed by atoms with Gasteiger partial charge in [-0.25, -0.2) is 9.59 Å². The van der Waals surface area contributed by atoms with Gasteiger partial charge in [0.1, 0.15) is 18.9 Å². The minimum Gasteiger partial charge on any atom is -0.447 e. The zero-order valence-corrected chi connectivity index (χ0v) is 23.7. The van der Waals surface area contributed by atoms with E-state index in [2.05, 4.69) is 33.9 Å². The Morgan fingerprint density at radius 1 is 1.24 bits per heavy atom. The summed E-state index contributed by atoms with van der Waals surface area (Å²) >= 11 is 0. The second kappa shape index (κ2) is 10.4. The molecule has 2 fully saturated rings. The molecule has 2 heterocycles. The number of carbonyl (C=O) groups excluding carboxylic acids is 2. The third kappa shape index (κ3) is 6.85. The first-order chi connectivity index (χ1) is 15.5. The number of ether oxygens (including phenoxy) is 3. The van der Waals surface area contributed by atoms with E-state index in [1.807, 2.05) is 46.8 Å². The predicted molar refractivity (Wildman–Crippen MR) is 135 cm³/mol. The van der Waals surface area contributed by atoms with E-state index in [1.165, 1.54) is 0 Å². The highest BCUT2D eigenvalue weighted by Crippen LogP contribution is 2.37. The molecule has 0 spiro atoms. The van der Waals surface area contributed by atoms with Gasteiger partial charge in [0.05, 0.1) is 24.8 Å². The van der Waals surface area contributed by atoms with Gasteiger partial charge in [-0.05, 0) is 58.8 Å². The van der Waals surface area contributed by atoms with Crippen LogP contribution in [0.4, 0.5) is 9.59 Å². The quantitative estimate of drug-likeness (QED) is 0.335. The maximum absolute atomic E-state index is 12.6. The molecule has 0 aromatic rings. The topological polar surface area (TPSA) is 77.5 Å². The van der Waals surface area contributed by atoms with Gasteiger partial charge in [0, 0.05) is 6.54 Å². The van der Waals surface area contributed by atoms with Gasteiger partial charge in [-0.2, -0.15) is 0 Å². The van der Waals surface area contributed by atoms with Crippen molar-refractivity contribution < 1.29 is 28.2 Å². The Bertz CT molecular complexity index is 797. The minimum absolute atomic E-state index is 0.106. The average molecular weight is 497 g/mol. The predicted octanol–water partition coefficient (Wildman–Crippen LogP) is 5.32. The molecule has 9 heteroatoms. The third-order valence-electron chi connectivity index (χ3n) is 6.88. The molecule has 2 saturated heterocycles. The minimum atomic E-state index is -1.82. The Hall–Kier alpha value is -1.84. The Labute approximate surface area is 206 Å². The van der Waals surface area contributed by atoms with Gasteiger partial charge >= 0.3 is 12.2 Å². The lowest BCUT2D eigenvalue weighted by molar-refractivity contribution is -0.0503. The summed E-state index contributed by atoms with van der Waals surface area (Å²) in [5.41, 5.74) is -0.0735. The maximum Gasteiger partial charge on any atom is 0.412 e. The van der Waals surface area contributed by atoms with Gasteiger partial charge in [0.25, 0.3) is 0 Å². The highest BCUT2D eigenvalue weighted by atomic mass is 28.4. The second-order valence-corrected chi connectivity index (χ2v) is 16.6. The van der Waals surface area contributed by atoms with E-state index in [1.54, 1.807) is 15.9 Å². The van der Waals surface area contributed by atoms with Crippen LogP contribution in [-0.4, -0.2) is 80.6 Å². The van der Waals surface area contributed by atoms with Crippen molar-refractivity contribution in [3.63, 3.8) is 0 Å². The first-order valence-corrected chi connectivity index (χ1v) is 14.9. The van der Waals surface area contributed by atoms with Crippen molar-refractivity contribution in [3.05, 3.63) is 23.8 Å². The van der Waals surface area contributed by atoms with E-state index < -0.39 is 25.7 Å². The first-order valence-electron chi connectivity index (χ1n) is 12.0. The summed E-state index contributed by atoms with van der Waals surface area (Å²) in [7, 11) is -1.82. The van der Waals surface area contributed by atoms with Gasteiger partial charge in [0.15, 0.2) is 8.32 Å². The van der Waals surface area contributed by atoms with Crippen LogP contribution in [0.25, 0.3) is 0 Å². The Balaban J connectivity index is 1.88. The maximum atomic E-state index is 12.6. The van der Waals surface area contributed by atoms with Crippen LogP contribution in [-0.2, 0) is 18.6 Å². The smallest absolute Gasteiger partial charge is 0.412 e. The van der Waals surface area contributed by atoms with Crippen molar-refractivity contribution in [2.24, 2.45) is 0 Å². The van der Waals surface area contributed by atoms with Gasteiger partial charge in [-0.3, -0.25) is 9.80 Å². The van der Waals surface area contributed by atoms with Crippen LogP contribution >= 0.6 is 0 Å². The van der Waals surface area contributed by atoms with Crippen molar-refractivity contribution >= 4 is 20.5 Å². The Morgan fingerprint density at radius 3 is 2.44 bits per heavy atom. The molecule has 0 saturated carbocycles. The highest BCUT2D eigenvalue weighted by Gasteiger charge is 2.49. The van der Waals surface area contributed by atoms with Gasteiger partial charge < -0.3 is 18.6 Å². The SMILES string of the molecule is C/C(=C\CN1C(=O)OCC1/C=C/COC(=O)N1C(C)(C)COC1(C)C)CO[Si](C)(C)C(C)(C)C. The molecule has 0 aromatic carbocycles. The van der Waals surface area contributed by atoms with Crippen molar-refractivity contribution in [1.29, 1.82) is 0 Å². The molecule has 2 amide bonds. The number of nitrogens with zero attached hydrogens (tertiary/aromatic N) is 2. The lowest BCUT2D eigenvalue weighted by Crippen LogP contribution is -2.52. The fourth-order valence-corrected chi connectivity index (χ4v) is 4.75. The summed E-state index contributed by atoms with van der Waals surface area (Å²) in [4.78, 5) is 28.1. The zero-order valence-electron chi connectivity index (χ0n) is 22.7. The molecule has 2 aliphatic heterocycles. The van der Waals surface area contributed by atoms with E-state index in [4.69, 9.17) is 18.6 Å². The number of hydrogen-bond donors (Lipinski definition) is 0. The fraction of sp³-hybridized carbons (Fsp3) is 0.760. The molecule has 0 aromatic heterocycles. The van der Waals surface area contributed by atoms with E-state index in [0.29, 0.717) is 19.8 Å². The van der Waals surface area contributed by atoms with Crippen molar-refractivity contribution in [2.45, 2.75) is 90.8 Å². The zero-order chi connectivity index (χ0) is 25.9. The van der Waals surface area contributed by atoms with Gasteiger partial charge in [0.2, 0.25) is 0 Å². The normalized spacial score (nSPS) is 23.1. The molecule has 8 nitrogen and oxygen atoms in total. The van der Waals surface area contributed by atoms with Gasteiger partial charge in [-0.15, -0.1) is 0 Å². The van der Waals surface area contributed by atoms with Crippen LogP contribution in [0.2, 0.25) is 18.1 Å². The number of rotatable bonds is 8. The van der Waals surface area contributed by atoms with Crippen LogP contribution in [0, 0.1) is 0 Å². The molecule has 2 aliphatic rings. The van der Waals surface area contributed by atoms with Crippen molar-refractivity contribution in [1.82, 2.24) is 9.80 Å². The number of carbonyl (C=O) groups is 2. The number of cyclic esters (lactones) is 1. The summed E-state index contributed by atoms with van der Waals surface area (Å²) < 4.78 is 22.7. The van der Waals surface area contributed by atoms with Crippen LogP contribution in [0.5, 0.6) is 0 Å². The number of amides is 2. The van der Waals surface area contributed by atoms with E-state index >= 15 is 0 Å². The first kappa shape index (κ1) is 28.4. The van der Waals surface area contributed by atoms with E-state index in [9.17, 15) is 9.59 Å². The van der Waals surface area contributed by atoms with Crippen molar-refractivity contribution in [2.75, 3.05) is 33.0 Å². The number of hydrogen-bond acceptors (Lipinski definition) is 6. The van der Waals surface area contributed by atoms with Gasteiger partial charge in [-0.1, -0.05) is 38.5 Å². The fourth-order valence-electron chi connectivity index (χ4n) is 3.73. The molecule has 0 aliphatic carbocycles. The molecular weight excluding hydrogens is 452 g/mol. The molecule has 0 bridgehead atoms. The summed E-state index contributed by atoms with van der Waals surface area (Å²) in [5, 5.41) is 0.151. The largest absolute Gasteiger partial charge is 0.447 e. The average Bonchev–Trinajstić information content (AvgIpc) is 3.15.